The molecule has 0 aliphatic carbocycles. The van der Waals surface area contributed by atoms with Crippen molar-refractivity contribution >= 4 is 23.4 Å². The average molecular weight is 332 g/mol. The van der Waals surface area contributed by atoms with Crippen LogP contribution in [0.25, 0.3) is 11.3 Å². The fourth-order valence-corrected chi connectivity index (χ4v) is 3.03. The van der Waals surface area contributed by atoms with Gasteiger partial charge in [0.2, 0.25) is 0 Å². The summed E-state index contributed by atoms with van der Waals surface area (Å²) in [4.78, 5) is 4.30. The van der Waals surface area contributed by atoms with Crippen LogP contribution in [-0.2, 0) is 5.75 Å². The van der Waals surface area contributed by atoms with E-state index < -0.39 is 0 Å². The number of benzene rings is 2. The maximum Gasteiger partial charge on any atom is 0.256 e. The minimum absolute atomic E-state index is 0.609. The molecule has 0 atom stereocenters. The molecule has 112 valence electrons. The fourth-order valence-electron chi connectivity index (χ4n) is 2.01. The molecule has 0 radical (unpaired) electrons. The first-order valence-corrected chi connectivity index (χ1v) is 8.09. The highest BCUT2D eigenvalue weighted by Crippen LogP contribution is 2.30. The van der Waals surface area contributed by atoms with Crippen LogP contribution in [0.5, 0.6) is 5.75 Å². The molecule has 0 unspecified atom stereocenters. The molecule has 0 fully saturated rings. The number of thioether (sulfide) groups is 1. The van der Waals surface area contributed by atoms with Gasteiger partial charge in [0.1, 0.15) is 5.75 Å². The molecule has 1 heterocycles. The van der Waals surface area contributed by atoms with Crippen molar-refractivity contribution in [2.75, 3.05) is 7.11 Å². The molecule has 5 heteroatoms. The fraction of sp³-hybridized carbons (Fsp3) is 0.118. The van der Waals surface area contributed by atoms with Gasteiger partial charge in [-0.2, -0.15) is 0 Å². The SMILES string of the molecule is COc1ccc(CSc2ncc(-c3ccccc3)o2)cc1Cl. The topological polar surface area (TPSA) is 35.3 Å². The summed E-state index contributed by atoms with van der Waals surface area (Å²) in [5.74, 6) is 2.19. The van der Waals surface area contributed by atoms with Gasteiger partial charge in [-0.1, -0.05) is 59.8 Å². The molecule has 1 aromatic heterocycles. The molecule has 0 aliphatic rings. The van der Waals surface area contributed by atoms with E-state index in [2.05, 4.69) is 4.98 Å². The Hall–Kier alpha value is -1.91. The third kappa shape index (κ3) is 3.46. The number of hydrogen-bond donors (Lipinski definition) is 0. The minimum Gasteiger partial charge on any atom is -0.495 e. The third-order valence-corrected chi connectivity index (χ3v) is 4.33. The first-order chi connectivity index (χ1) is 10.8. The summed E-state index contributed by atoms with van der Waals surface area (Å²) in [5, 5.41) is 1.25. The molecule has 0 spiro atoms. The lowest BCUT2D eigenvalue weighted by Gasteiger charge is -2.04. The Morgan fingerprint density at radius 2 is 2.00 bits per heavy atom. The van der Waals surface area contributed by atoms with Gasteiger partial charge in [-0.05, 0) is 17.7 Å². The van der Waals surface area contributed by atoms with E-state index in [9.17, 15) is 0 Å². The molecule has 0 saturated carbocycles. The van der Waals surface area contributed by atoms with E-state index in [4.69, 9.17) is 20.8 Å². The van der Waals surface area contributed by atoms with Crippen LogP contribution in [0.15, 0.2) is 64.4 Å². The zero-order valence-electron chi connectivity index (χ0n) is 12.0. The highest BCUT2D eigenvalue weighted by molar-refractivity contribution is 7.98. The van der Waals surface area contributed by atoms with Crippen molar-refractivity contribution < 1.29 is 9.15 Å². The highest BCUT2D eigenvalue weighted by Gasteiger charge is 2.08. The number of oxazole rings is 1. The summed E-state index contributed by atoms with van der Waals surface area (Å²) < 4.78 is 10.9. The van der Waals surface area contributed by atoms with Gasteiger partial charge < -0.3 is 9.15 Å². The molecule has 2 aromatic carbocycles. The molecule has 0 amide bonds. The Kier molecular flexibility index (Phi) is 4.71. The second-order valence-electron chi connectivity index (χ2n) is 4.61. The van der Waals surface area contributed by atoms with Crippen LogP contribution >= 0.6 is 23.4 Å². The second kappa shape index (κ2) is 6.90. The Bertz CT molecular complexity index is 758. The van der Waals surface area contributed by atoms with Crippen molar-refractivity contribution in [1.82, 2.24) is 4.98 Å². The van der Waals surface area contributed by atoms with Crippen molar-refractivity contribution in [3.05, 3.63) is 65.3 Å². The van der Waals surface area contributed by atoms with Crippen LogP contribution in [0, 0.1) is 0 Å². The maximum atomic E-state index is 6.12. The summed E-state index contributed by atoms with van der Waals surface area (Å²) >= 11 is 7.66. The second-order valence-corrected chi connectivity index (χ2v) is 5.95. The Balaban J connectivity index is 1.67. The number of hydrogen-bond acceptors (Lipinski definition) is 4. The van der Waals surface area contributed by atoms with E-state index in [0.717, 1.165) is 22.6 Å². The Morgan fingerprint density at radius 3 is 2.73 bits per heavy atom. The number of ether oxygens (including phenoxy) is 1. The van der Waals surface area contributed by atoms with Crippen LogP contribution in [0.2, 0.25) is 5.02 Å². The van der Waals surface area contributed by atoms with Crippen LogP contribution in [0.3, 0.4) is 0 Å². The summed E-state index contributed by atoms with van der Waals surface area (Å²) in [5.41, 5.74) is 2.12. The molecule has 3 nitrogen and oxygen atoms in total. The van der Waals surface area contributed by atoms with E-state index in [0.29, 0.717) is 16.0 Å². The van der Waals surface area contributed by atoms with Crippen LogP contribution < -0.4 is 4.74 Å². The summed E-state index contributed by atoms with van der Waals surface area (Å²) in [6.07, 6.45) is 1.75. The zero-order chi connectivity index (χ0) is 15.4. The predicted octanol–water partition coefficient (Wildman–Crippen LogP) is 5.30. The molecule has 3 aromatic rings. The lowest BCUT2D eigenvalue weighted by atomic mass is 10.2. The van der Waals surface area contributed by atoms with Gasteiger partial charge in [0.25, 0.3) is 5.22 Å². The number of rotatable bonds is 5. The largest absolute Gasteiger partial charge is 0.495 e. The number of nitrogens with zero attached hydrogens (tertiary/aromatic N) is 1. The average Bonchev–Trinajstić information content (AvgIpc) is 3.03. The molecule has 0 saturated heterocycles. The summed E-state index contributed by atoms with van der Waals surface area (Å²) in [7, 11) is 1.60. The van der Waals surface area contributed by atoms with Crippen LogP contribution in [0.4, 0.5) is 0 Å². The van der Waals surface area contributed by atoms with E-state index >= 15 is 0 Å². The lowest BCUT2D eigenvalue weighted by molar-refractivity contribution is 0.415. The van der Waals surface area contributed by atoms with Crippen LogP contribution in [0.1, 0.15) is 5.56 Å². The van der Waals surface area contributed by atoms with Crippen molar-refractivity contribution in [2.45, 2.75) is 11.0 Å². The molecule has 0 N–H and O–H groups in total. The summed E-state index contributed by atoms with van der Waals surface area (Å²) in [6, 6.07) is 15.7. The van der Waals surface area contributed by atoms with Gasteiger partial charge in [0.05, 0.1) is 18.3 Å². The molecule has 0 aliphatic heterocycles. The van der Waals surface area contributed by atoms with Gasteiger partial charge in [0.15, 0.2) is 5.76 Å². The van der Waals surface area contributed by atoms with Crippen molar-refractivity contribution in [3.8, 4) is 17.1 Å². The molecule has 22 heavy (non-hydrogen) atoms. The van der Waals surface area contributed by atoms with Crippen LogP contribution in [-0.4, -0.2) is 12.1 Å². The van der Waals surface area contributed by atoms with Gasteiger partial charge in [0, 0.05) is 11.3 Å². The van der Waals surface area contributed by atoms with Crippen molar-refractivity contribution in [3.63, 3.8) is 0 Å². The van der Waals surface area contributed by atoms with E-state index in [1.54, 1.807) is 13.3 Å². The van der Waals surface area contributed by atoms with Gasteiger partial charge >= 0.3 is 0 Å². The van der Waals surface area contributed by atoms with Crippen molar-refractivity contribution in [2.24, 2.45) is 0 Å². The first kappa shape index (κ1) is 15.0. The lowest BCUT2D eigenvalue weighted by Crippen LogP contribution is -1.86. The van der Waals surface area contributed by atoms with Gasteiger partial charge in [-0.25, -0.2) is 4.98 Å². The third-order valence-electron chi connectivity index (χ3n) is 3.12. The predicted molar refractivity (Wildman–Crippen MR) is 89.5 cm³/mol. The quantitative estimate of drug-likeness (QED) is 0.594. The Labute approximate surface area is 138 Å². The van der Waals surface area contributed by atoms with Gasteiger partial charge in [-0.3, -0.25) is 0 Å². The molecule has 0 bridgehead atoms. The smallest absolute Gasteiger partial charge is 0.256 e. The normalized spacial score (nSPS) is 10.6. The van der Waals surface area contributed by atoms with E-state index in [-0.39, 0.29) is 0 Å². The molecule has 3 rings (SSSR count). The minimum atomic E-state index is 0.609. The highest BCUT2D eigenvalue weighted by atomic mass is 35.5. The van der Waals surface area contributed by atoms with E-state index in [1.807, 2.05) is 48.5 Å². The Morgan fingerprint density at radius 1 is 1.18 bits per heavy atom. The van der Waals surface area contributed by atoms with Gasteiger partial charge in [-0.15, -0.1) is 0 Å². The van der Waals surface area contributed by atoms with E-state index in [1.165, 1.54) is 11.8 Å². The maximum absolute atomic E-state index is 6.12. The standard InChI is InChI=1S/C17H14ClNO2S/c1-20-15-8-7-12(9-14(15)18)11-22-17-19-10-16(21-17)13-5-3-2-4-6-13/h2-10H,11H2,1H3. The molecular formula is C17H14ClNO2S. The first-order valence-electron chi connectivity index (χ1n) is 6.73. The zero-order valence-corrected chi connectivity index (χ0v) is 13.5. The molecular weight excluding hydrogens is 318 g/mol. The van der Waals surface area contributed by atoms with Crippen molar-refractivity contribution in [1.29, 1.82) is 0 Å². The number of halogens is 1. The number of methoxy groups -OCH3 is 1. The summed E-state index contributed by atoms with van der Waals surface area (Å²) in [6.45, 7) is 0. The number of aromatic nitrogens is 1. The monoisotopic (exact) mass is 331 g/mol.